The van der Waals surface area contributed by atoms with E-state index in [4.69, 9.17) is 15.2 Å². The number of allylic oxidation sites excluding steroid dienone is 1. The average Bonchev–Trinajstić information content (AvgIpc) is 3.38. The normalized spacial score (nSPS) is 17.3. The minimum absolute atomic E-state index is 0.0134. The SMILES string of the molecule is C=CCOC(=O)C1=C(C)N=c2s/c(=C3\C(=O)N(CC(N)=O)c4ccccc43)c(=O)n2C1c1ccc(OC)cc1. The standard InChI is InChI=1S/C28H24N4O6S/c1-4-13-38-27(36)21-15(2)30-28-32(23(21)16-9-11-17(37-3)12-10-16)26(35)24(39-28)22-18-7-5-6-8-19(18)31(25(22)34)14-20(29)33/h4-12,23H,1,13-14H2,2-3H3,(H2,29,33)/b24-22-. The van der Waals surface area contributed by atoms with Gasteiger partial charge in [0.25, 0.3) is 11.5 Å². The number of nitrogens with zero attached hydrogens (tertiary/aromatic N) is 3. The van der Waals surface area contributed by atoms with Gasteiger partial charge in [0.15, 0.2) is 4.80 Å². The van der Waals surface area contributed by atoms with Crippen molar-refractivity contribution in [1.82, 2.24) is 4.57 Å². The average molecular weight is 545 g/mol. The second kappa shape index (κ2) is 10.2. The summed E-state index contributed by atoms with van der Waals surface area (Å²) in [5, 5.41) is 0. The van der Waals surface area contributed by atoms with E-state index in [9.17, 15) is 19.2 Å². The van der Waals surface area contributed by atoms with Crippen LogP contribution in [0.4, 0.5) is 5.69 Å². The number of fused-ring (bicyclic) bond motifs is 2. The Morgan fingerprint density at radius 1 is 1.15 bits per heavy atom. The fraction of sp³-hybridized carbons (Fsp3) is 0.179. The molecule has 0 radical (unpaired) electrons. The Bertz CT molecular complexity index is 1750. The lowest BCUT2D eigenvalue weighted by Crippen LogP contribution is -2.41. The first-order valence-electron chi connectivity index (χ1n) is 11.9. The zero-order chi connectivity index (χ0) is 27.8. The second-order valence-corrected chi connectivity index (χ2v) is 9.79. The lowest BCUT2D eigenvalue weighted by molar-refractivity contribution is -0.138. The second-order valence-electron chi connectivity index (χ2n) is 8.81. The van der Waals surface area contributed by atoms with Crippen LogP contribution in [-0.4, -0.2) is 42.6 Å². The number of para-hydroxylation sites is 1. The van der Waals surface area contributed by atoms with Gasteiger partial charge in [-0.05, 0) is 30.7 Å². The molecular formula is C28H24N4O6S. The first-order chi connectivity index (χ1) is 18.8. The Hall–Kier alpha value is -4.77. The number of anilines is 1. The molecule has 39 heavy (non-hydrogen) atoms. The molecule has 1 aromatic heterocycles. The highest BCUT2D eigenvalue weighted by atomic mass is 32.1. The predicted octanol–water partition coefficient (Wildman–Crippen LogP) is 1.18. The van der Waals surface area contributed by atoms with E-state index in [1.807, 2.05) is 0 Å². The lowest BCUT2D eigenvalue weighted by Gasteiger charge is -2.24. The summed E-state index contributed by atoms with van der Waals surface area (Å²) in [7, 11) is 1.54. The molecule has 2 amide bonds. The van der Waals surface area contributed by atoms with E-state index in [-0.39, 0.29) is 28.8 Å². The fourth-order valence-corrected chi connectivity index (χ4v) is 5.90. The van der Waals surface area contributed by atoms with E-state index in [1.165, 1.54) is 15.5 Å². The van der Waals surface area contributed by atoms with Crippen LogP contribution in [0.3, 0.4) is 0 Å². The highest BCUT2D eigenvalue weighted by molar-refractivity contribution is 7.07. The molecule has 0 aliphatic carbocycles. The van der Waals surface area contributed by atoms with Crippen LogP contribution >= 0.6 is 11.3 Å². The van der Waals surface area contributed by atoms with Crippen LogP contribution in [0.15, 0.2) is 82.2 Å². The number of carbonyl (C=O) groups excluding carboxylic acids is 3. The van der Waals surface area contributed by atoms with Gasteiger partial charge in [0.05, 0.1) is 35.7 Å². The van der Waals surface area contributed by atoms with Crippen molar-refractivity contribution in [2.75, 3.05) is 25.2 Å². The summed E-state index contributed by atoms with van der Waals surface area (Å²) in [5.74, 6) is -1.22. The number of hydrogen-bond donors (Lipinski definition) is 1. The molecule has 0 saturated heterocycles. The minimum atomic E-state index is -0.868. The van der Waals surface area contributed by atoms with E-state index < -0.39 is 29.4 Å². The van der Waals surface area contributed by atoms with Gasteiger partial charge in [-0.3, -0.25) is 23.9 Å². The summed E-state index contributed by atoms with van der Waals surface area (Å²) >= 11 is 1.04. The largest absolute Gasteiger partial charge is 0.497 e. The van der Waals surface area contributed by atoms with E-state index in [0.717, 1.165) is 11.3 Å². The van der Waals surface area contributed by atoms with Gasteiger partial charge in [0, 0.05) is 5.56 Å². The number of hydrogen-bond acceptors (Lipinski definition) is 8. The Kier molecular flexibility index (Phi) is 6.75. The number of nitrogens with two attached hydrogens (primary N) is 1. The molecule has 11 heteroatoms. The van der Waals surface area contributed by atoms with Crippen molar-refractivity contribution in [3.63, 3.8) is 0 Å². The molecule has 2 aromatic carbocycles. The number of esters is 1. The van der Waals surface area contributed by atoms with Crippen molar-refractivity contribution in [3.05, 3.63) is 103 Å². The van der Waals surface area contributed by atoms with Gasteiger partial charge in [-0.15, -0.1) is 0 Å². The lowest BCUT2D eigenvalue weighted by atomic mass is 9.96. The van der Waals surface area contributed by atoms with E-state index in [2.05, 4.69) is 11.6 Å². The van der Waals surface area contributed by atoms with E-state index >= 15 is 0 Å². The number of thiazole rings is 1. The summed E-state index contributed by atoms with van der Waals surface area (Å²) in [4.78, 5) is 58.7. The summed E-state index contributed by atoms with van der Waals surface area (Å²) in [6.45, 7) is 4.92. The third-order valence-electron chi connectivity index (χ3n) is 6.45. The number of aromatic nitrogens is 1. The van der Waals surface area contributed by atoms with Gasteiger partial charge < -0.3 is 15.2 Å². The number of benzene rings is 2. The molecule has 0 fully saturated rings. The van der Waals surface area contributed by atoms with Crippen molar-refractivity contribution in [1.29, 1.82) is 0 Å². The highest BCUT2D eigenvalue weighted by Gasteiger charge is 2.37. The maximum Gasteiger partial charge on any atom is 0.338 e. The van der Waals surface area contributed by atoms with Crippen LogP contribution in [0.2, 0.25) is 0 Å². The van der Waals surface area contributed by atoms with E-state index in [1.54, 1.807) is 62.6 Å². The van der Waals surface area contributed by atoms with Gasteiger partial charge in [-0.25, -0.2) is 9.79 Å². The smallest absolute Gasteiger partial charge is 0.338 e. The molecule has 1 unspecified atom stereocenters. The molecule has 0 spiro atoms. The molecule has 2 aliphatic heterocycles. The maximum atomic E-state index is 14.1. The predicted molar refractivity (Wildman–Crippen MR) is 145 cm³/mol. The zero-order valence-electron chi connectivity index (χ0n) is 21.2. The van der Waals surface area contributed by atoms with Crippen LogP contribution in [0, 0.1) is 0 Å². The zero-order valence-corrected chi connectivity index (χ0v) is 22.0. The minimum Gasteiger partial charge on any atom is -0.497 e. The summed E-state index contributed by atoms with van der Waals surface area (Å²) in [6, 6.07) is 13.0. The van der Waals surface area contributed by atoms with Crippen LogP contribution in [0.25, 0.3) is 5.57 Å². The topological polar surface area (TPSA) is 133 Å². The monoisotopic (exact) mass is 544 g/mol. The van der Waals surface area contributed by atoms with Crippen LogP contribution in [-0.2, 0) is 19.1 Å². The van der Waals surface area contributed by atoms with Crippen molar-refractivity contribution >= 4 is 40.4 Å². The third-order valence-corrected chi connectivity index (χ3v) is 7.50. The van der Waals surface area contributed by atoms with E-state index in [0.29, 0.717) is 33.1 Å². The summed E-state index contributed by atoms with van der Waals surface area (Å²) < 4.78 is 12.2. The summed E-state index contributed by atoms with van der Waals surface area (Å²) in [6.07, 6.45) is 1.45. The molecule has 0 saturated carbocycles. The van der Waals surface area contributed by atoms with Crippen molar-refractivity contribution in [2.45, 2.75) is 13.0 Å². The Morgan fingerprint density at radius 2 is 1.87 bits per heavy atom. The van der Waals surface area contributed by atoms with Crippen molar-refractivity contribution in [2.24, 2.45) is 10.7 Å². The van der Waals surface area contributed by atoms with Crippen molar-refractivity contribution < 1.29 is 23.9 Å². The fourth-order valence-electron chi connectivity index (χ4n) is 4.76. The molecular weight excluding hydrogens is 520 g/mol. The van der Waals surface area contributed by atoms with Gasteiger partial charge in [-0.2, -0.15) is 0 Å². The Morgan fingerprint density at radius 3 is 2.54 bits per heavy atom. The molecule has 0 bridgehead atoms. The van der Waals surface area contributed by atoms with Crippen LogP contribution in [0.1, 0.15) is 24.1 Å². The highest BCUT2D eigenvalue weighted by Crippen LogP contribution is 2.35. The molecule has 2 N–H and O–H groups in total. The van der Waals surface area contributed by atoms with Gasteiger partial charge in [0.1, 0.15) is 23.4 Å². The van der Waals surface area contributed by atoms with Gasteiger partial charge >= 0.3 is 5.97 Å². The molecule has 3 aromatic rings. The Labute approximate surface area is 226 Å². The van der Waals surface area contributed by atoms with Crippen LogP contribution in [0.5, 0.6) is 5.75 Å². The Balaban J connectivity index is 1.78. The number of amides is 2. The molecule has 5 rings (SSSR count). The molecule has 198 valence electrons. The van der Waals surface area contributed by atoms with Crippen molar-refractivity contribution in [3.8, 4) is 5.75 Å². The first-order valence-corrected chi connectivity index (χ1v) is 12.7. The quantitative estimate of drug-likeness (QED) is 0.351. The molecule has 2 aliphatic rings. The molecule has 1 atom stereocenters. The number of ether oxygens (including phenoxy) is 2. The van der Waals surface area contributed by atoms with Gasteiger partial charge in [-0.1, -0.05) is 54.3 Å². The number of primary amides is 1. The number of carbonyl (C=O) groups is 3. The third kappa shape index (κ3) is 4.36. The van der Waals surface area contributed by atoms with Crippen LogP contribution < -0.4 is 30.3 Å². The summed E-state index contributed by atoms with van der Waals surface area (Å²) in [5.41, 5.74) is 7.25. The van der Waals surface area contributed by atoms with Gasteiger partial charge in [0.2, 0.25) is 5.91 Å². The number of methoxy groups -OCH3 is 1. The first kappa shape index (κ1) is 25.9. The maximum absolute atomic E-state index is 14.1. The molecule has 3 heterocycles. The number of rotatable bonds is 7. The molecule has 10 nitrogen and oxygen atoms in total.